The van der Waals surface area contributed by atoms with E-state index in [2.05, 4.69) is 9.98 Å². The van der Waals surface area contributed by atoms with Crippen LogP contribution >= 0.6 is 0 Å². The van der Waals surface area contributed by atoms with Gasteiger partial charge in [-0.2, -0.15) is 0 Å². The van der Waals surface area contributed by atoms with Crippen molar-refractivity contribution >= 4 is 11.9 Å². The Morgan fingerprint density at radius 3 is 2.62 bits per heavy atom. The summed E-state index contributed by atoms with van der Waals surface area (Å²) in [5.41, 5.74) is 1.84. The lowest BCUT2D eigenvalue weighted by Crippen LogP contribution is -1.84. The van der Waals surface area contributed by atoms with Gasteiger partial charge in [-0.3, -0.25) is 9.98 Å². The van der Waals surface area contributed by atoms with Gasteiger partial charge in [-0.25, -0.2) is 0 Å². The molecule has 0 radical (unpaired) electrons. The van der Waals surface area contributed by atoms with E-state index in [0.717, 1.165) is 17.0 Å². The highest BCUT2D eigenvalue weighted by Gasteiger charge is 1.97. The lowest BCUT2D eigenvalue weighted by molar-refractivity contribution is 0.416. The van der Waals surface area contributed by atoms with E-state index in [1.807, 2.05) is 36.4 Å². The first-order chi connectivity index (χ1) is 7.90. The SMILES string of the molecule is COc1ccccc1/N=C/c1ccncc1. The van der Waals surface area contributed by atoms with Crippen molar-refractivity contribution in [3.63, 3.8) is 0 Å². The maximum absolute atomic E-state index is 5.21. The zero-order valence-corrected chi connectivity index (χ0v) is 9.00. The summed E-state index contributed by atoms with van der Waals surface area (Å²) in [6.07, 6.45) is 5.27. The van der Waals surface area contributed by atoms with Crippen molar-refractivity contribution in [2.45, 2.75) is 0 Å². The fourth-order valence-corrected chi connectivity index (χ4v) is 1.33. The quantitative estimate of drug-likeness (QED) is 0.733. The molecule has 0 saturated heterocycles. The van der Waals surface area contributed by atoms with Crippen LogP contribution in [0, 0.1) is 0 Å². The van der Waals surface area contributed by atoms with Gasteiger partial charge >= 0.3 is 0 Å². The van der Waals surface area contributed by atoms with Crippen LogP contribution in [0.4, 0.5) is 5.69 Å². The van der Waals surface area contributed by atoms with Gasteiger partial charge in [-0.15, -0.1) is 0 Å². The van der Waals surface area contributed by atoms with Crippen molar-refractivity contribution in [1.82, 2.24) is 4.98 Å². The maximum atomic E-state index is 5.21. The van der Waals surface area contributed by atoms with Crippen LogP contribution in [0.25, 0.3) is 0 Å². The smallest absolute Gasteiger partial charge is 0.144 e. The molecule has 0 amide bonds. The van der Waals surface area contributed by atoms with Gasteiger partial charge in [0.2, 0.25) is 0 Å². The fraction of sp³-hybridized carbons (Fsp3) is 0.0769. The van der Waals surface area contributed by atoms with Gasteiger partial charge in [-0.1, -0.05) is 12.1 Å². The van der Waals surface area contributed by atoms with Crippen LogP contribution in [0.5, 0.6) is 5.75 Å². The van der Waals surface area contributed by atoms with Gasteiger partial charge in [-0.05, 0) is 29.8 Å². The van der Waals surface area contributed by atoms with Crippen LogP contribution in [0.3, 0.4) is 0 Å². The third kappa shape index (κ3) is 2.45. The Kier molecular flexibility index (Phi) is 3.28. The van der Waals surface area contributed by atoms with E-state index in [1.54, 1.807) is 25.7 Å². The van der Waals surface area contributed by atoms with Gasteiger partial charge in [0, 0.05) is 18.6 Å². The summed E-state index contributed by atoms with van der Waals surface area (Å²) in [6.45, 7) is 0. The predicted octanol–water partition coefficient (Wildman–Crippen LogP) is 2.84. The Bertz CT molecular complexity index is 480. The number of aliphatic imine (C=N–C) groups is 1. The largest absolute Gasteiger partial charge is 0.494 e. The number of ether oxygens (including phenoxy) is 1. The number of benzene rings is 1. The van der Waals surface area contributed by atoms with Gasteiger partial charge in [0.05, 0.1) is 7.11 Å². The average Bonchev–Trinajstić information content (AvgIpc) is 2.38. The monoisotopic (exact) mass is 212 g/mol. The van der Waals surface area contributed by atoms with E-state index >= 15 is 0 Å². The van der Waals surface area contributed by atoms with Gasteiger partial charge in [0.25, 0.3) is 0 Å². The molecule has 0 atom stereocenters. The summed E-state index contributed by atoms with van der Waals surface area (Å²) in [5, 5.41) is 0. The second kappa shape index (κ2) is 5.07. The first-order valence-electron chi connectivity index (χ1n) is 4.97. The Balaban J connectivity index is 2.24. The first kappa shape index (κ1) is 10.4. The van der Waals surface area contributed by atoms with E-state index < -0.39 is 0 Å². The molecule has 2 aromatic rings. The highest BCUT2D eigenvalue weighted by molar-refractivity contribution is 5.82. The minimum Gasteiger partial charge on any atom is -0.494 e. The standard InChI is InChI=1S/C13H12N2O/c1-16-13-5-3-2-4-12(13)15-10-11-6-8-14-9-7-11/h2-10H,1H3/b15-10+. The summed E-state index contributed by atoms with van der Waals surface area (Å²) in [4.78, 5) is 8.32. The molecule has 3 heteroatoms. The molecule has 0 aliphatic heterocycles. The number of methoxy groups -OCH3 is 1. The molecule has 1 heterocycles. The van der Waals surface area contributed by atoms with Crippen molar-refractivity contribution in [3.05, 3.63) is 54.4 Å². The average molecular weight is 212 g/mol. The van der Waals surface area contributed by atoms with Crippen molar-refractivity contribution in [2.75, 3.05) is 7.11 Å². The number of hydrogen-bond acceptors (Lipinski definition) is 3. The van der Waals surface area contributed by atoms with Crippen LogP contribution in [-0.2, 0) is 0 Å². The molecule has 0 saturated carbocycles. The highest BCUT2D eigenvalue weighted by atomic mass is 16.5. The molecule has 0 unspecified atom stereocenters. The Labute approximate surface area is 94.4 Å². The second-order valence-electron chi connectivity index (χ2n) is 3.21. The lowest BCUT2D eigenvalue weighted by atomic mass is 10.3. The van der Waals surface area contributed by atoms with Crippen molar-refractivity contribution in [1.29, 1.82) is 0 Å². The molecule has 3 nitrogen and oxygen atoms in total. The zero-order valence-electron chi connectivity index (χ0n) is 9.00. The third-order valence-corrected chi connectivity index (χ3v) is 2.14. The predicted molar refractivity (Wildman–Crippen MR) is 64.5 cm³/mol. The highest BCUT2D eigenvalue weighted by Crippen LogP contribution is 2.25. The number of aromatic nitrogens is 1. The van der Waals surface area contributed by atoms with Gasteiger partial charge in [0.1, 0.15) is 11.4 Å². The fourth-order valence-electron chi connectivity index (χ4n) is 1.33. The molecule has 0 spiro atoms. The first-order valence-corrected chi connectivity index (χ1v) is 4.97. The molecule has 0 bridgehead atoms. The van der Waals surface area contributed by atoms with E-state index in [0.29, 0.717) is 0 Å². The van der Waals surface area contributed by atoms with Crippen LogP contribution in [-0.4, -0.2) is 18.3 Å². The van der Waals surface area contributed by atoms with Crippen LogP contribution in [0.2, 0.25) is 0 Å². The summed E-state index contributed by atoms with van der Waals surface area (Å²) < 4.78 is 5.21. The molecular weight excluding hydrogens is 200 g/mol. The van der Waals surface area contributed by atoms with Crippen molar-refractivity contribution in [2.24, 2.45) is 4.99 Å². The summed E-state index contributed by atoms with van der Waals surface area (Å²) in [5.74, 6) is 0.771. The van der Waals surface area contributed by atoms with Crippen LogP contribution in [0.15, 0.2) is 53.8 Å². The zero-order chi connectivity index (χ0) is 11.2. The number of pyridine rings is 1. The molecule has 1 aromatic carbocycles. The number of para-hydroxylation sites is 2. The second-order valence-corrected chi connectivity index (χ2v) is 3.21. The molecule has 0 N–H and O–H groups in total. The molecule has 16 heavy (non-hydrogen) atoms. The van der Waals surface area contributed by atoms with E-state index in [1.165, 1.54) is 0 Å². The lowest BCUT2D eigenvalue weighted by Gasteiger charge is -2.02. The third-order valence-electron chi connectivity index (χ3n) is 2.14. The number of rotatable bonds is 3. The van der Waals surface area contributed by atoms with Crippen LogP contribution < -0.4 is 4.74 Å². The maximum Gasteiger partial charge on any atom is 0.144 e. The van der Waals surface area contributed by atoms with E-state index in [4.69, 9.17) is 4.74 Å². The number of hydrogen-bond donors (Lipinski definition) is 0. The summed E-state index contributed by atoms with van der Waals surface area (Å²) in [6, 6.07) is 11.5. The van der Waals surface area contributed by atoms with Crippen molar-refractivity contribution < 1.29 is 4.74 Å². The molecule has 2 rings (SSSR count). The van der Waals surface area contributed by atoms with Gasteiger partial charge < -0.3 is 4.74 Å². The van der Waals surface area contributed by atoms with E-state index in [9.17, 15) is 0 Å². The summed E-state index contributed by atoms with van der Waals surface area (Å²) >= 11 is 0. The van der Waals surface area contributed by atoms with Crippen molar-refractivity contribution in [3.8, 4) is 5.75 Å². The minimum atomic E-state index is 0.771. The van der Waals surface area contributed by atoms with Crippen LogP contribution in [0.1, 0.15) is 5.56 Å². The number of nitrogens with zero attached hydrogens (tertiary/aromatic N) is 2. The molecule has 0 fully saturated rings. The molecular formula is C13H12N2O. The minimum absolute atomic E-state index is 0.771. The molecule has 80 valence electrons. The Hall–Kier alpha value is -2.16. The topological polar surface area (TPSA) is 34.5 Å². The molecule has 0 aliphatic carbocycles. The normalized spacial score (nSPS) is 10.6. The molecule has 1 aromatic heterocycles. The molecule has 0 aliphatic rings. The summed E-state index contributed by atoms with van der Waals surface area (Å²) in [7, 11) is 1.64. The Morgan fingerprint density at radius 1 is 1.12 bits per heavy atom. The Morgan fingerprint density at radius 2 is 1.88 bits per heavy atom. The van der Waals surface area contributed by atoms with Gasteiger partial charge in [0.15, 0.2) is 0 Å². The van der Waals surface area contributed by atoms with E-state index in [-0.39, 0.29) is 0 Å².